The van der Waals surface area contributed by atoms with Gasteiger partial charge in [-0.1, -0.05) is 23.9 Å². The summed E-state index contributed by atoms with van der Waals surface area (Å²) >= 11 is 1.38. The summed E-state index contributed by atoms with van der Waals surface area (Å²) in [5.41, 5.74) is 2.75. The summed E-state index contributed by atoms with van der Waals surface area (Å²) in [5, 5.41) is 12.4. The molecule has 0 atom stereocenters. The second kappa shape index (κ2) is 9.36. The van der Waals surface area contributed by atoms with E-state index in [-0.39, 0.29) is 11.7 Å². The van der Waals surface area contributed by atoms with Crippen molar-refractivity contribution in [3.05, 3.63) is 42.4 Å². The predicted molar refractivity (Wildman–Crippen MR) is 117 cm³/mol. The molecule has 0 spiro atoms. The molecule has 3 aromatic rings. The Hall–Kier alpha value is -2.78. The third kappa shape index (κ3) is 4.36. The second-order valence-electron chi connectivity index (χ2n) is 6.89. The Labute approximate surface area is 179 Å². The van der Waals surface area contributed by atoms with Crippen molar-refractivity contribution in [2.24, 2.45) is 0 Å². The molecule has 1 aliphatic heterocycles. The highest BCUT2D eigenvalue weighted by Gasteiger charge is 2.19. The van der Waals surface area contributed by atoms with Crippen LogP contribution < -0.4 is 10.2 Å². The number of aryl methyl sites for hydroxylation is 1. The molecule has 1 aromatic carbocycles. The first-order chi connectivity index (χ1) is 14.7. The number of anilines is 2. The summed E-state index contributed by atoms with van der Waals surface area (Å²) < 4.78 is 12.8. The van der Waals surface area contributed by atoms with Gasteiger partial charge in [0.2, 0.25) is 5.91 Å². The number of nitrogens with zero attached hydrogens (tertiary/aromatic N) is 4. The number of furan rings is 1. The fourth-order valence-corrected chi connectivity index (χ4v) is 4.27. The Morgan fingerprint density at radius 3 is 2.73 bits per heavy atom. The minimum atomic E-state index is -0.0765. The average molecular weight is 428 g/mol. The second-order valence-corrected chi connectivity index (χ2v) is 7.84. The Morgan fingerprint density at radius 1 is 1.20 bits per heavy atom. The molecular weight excluding hydrogens is 402 g/mol. The number of nitrogens with one attached hydrogen (secondary N) is 1. The lowest BCUT2D eigenvalue weighted by atomic mass is 10.2. The lowest BCUT2D eigenvalue weighted by Gasteiger charge is -2.30. The largest absolute Gasteiger partial charge is 0.469 e. The zero-order valence-electron chi connectivity index (χ0n) is 17.1. The van der Waals surface area contributed by atoms with E-state index in [0.29, 0.717) is 24.9 Å². The van der Waals surface area contributed by atoms with Crippen molar-refractivity contribution in [3.8, 4) is 11.4 Å². The van der Waals surface area contributed by atoms with Crippen LogP contribution in [0.15, 0.2) is 46.2 Å². The standard InChI is InChI=1S/C21H25N5O3S/c1-3-26-20(16-8-11-29-15(16)2)23-24-21(26)30-14-19(27)22-17-6-4-5-7-18(17)25-9-12-28-13-10-25/h4-8,11H,3,9-10,12-14H2,1-2H3,(H,22,27). The van der Waals surface area contributed by atoms with E-state index in [1.165, 1.54) is 11.8 Å². The van der Waals surface area contributed by atoms with Crippen LogP contribution >= 0.6 is 11.8 Å². The van der Waals surface area contributed by atoms with Crippen LogP contribution in [0.5, 0.6) is 0 Å². The molecule has 9 heteroatoms. The molecule has 3 heterocycles. The maximum absolute atomic E-state index is 12.7. The fourth-order valence-electron chi connectivity index (χ4n) is 3.47. The quantitative estimate of drug-likeness (QED) is 0.578. The summed E-state index contributed by atoms with van der Waals surface area (Å²) in [5.74, 6) is 1.72. The van der Waals surface area contributed by atoms with E-state index in [0.717, 1.165) is 41.6 Å². The minimum Gasteiger partial charge on any atom is -0.469 e. The van der Waals surface area contributed by atoms with Crippen LogP contribution in [0.3, 0.4) is 0 Å². The Morgan fingerprint density at radius 2 is 2.00 bits per heavy atom. The SMILES string of the molecule is CCn1c(SCC(=O)Nc2ccccc2N2CCOCC2)nnc1-c1ccoc1C. The van der Waals surface area contributed by atoms with Gasteiger partial charge in [-0.15, -0.1) is 10.2 Å². The monoisotopic (exact) mass is 427 g/mol. The number of aromatic nitrogens is 3. The molecule has 1 amide bonds. The summed E-state index contributed by atoms with van der Waals surface area (Å²) in [4.78, 5) is 14.9. The number of ether oxygens (including phenoxy) is 1. The number of carbonyl (C=O) groups is 1. The number of rotatable bonds is 7. The molecular formula is C21H25N5O3S. The van der Waals surface area contributed by atoms with E-state index in [9.17, 15) is 4.79 Å². The van der Waals surface area contributed by atoms with Crippen LogP contribution in [0, 0.1) is 6.92 Å². The third-order valence-electron chi connectivity index (χ3n) is 5.00. The van der Waals surface area contributed by atoms with Gasteiger partial charge in [0.15, 0.2) is 11.0 Å². The Balaban J connectivity index is 1.43. The highest BCUT2D eigenvalue weighted by Crippen LogP contribution is 2.29. The molecule has 1 saturated heterocycles. The van der Waals surface area contributed by atoms with Crippen LogP contribution in [0.4, 0.5) is 11.4 Å². The van der Waals surface area contributed by atoms with Gasteiger partial charge in [0.1, 0.15) is 5.76 Å². The number of hydrogen-bond donors (Lipinski definition) is 1. The van der Waals surface area contributed by atoms with Crippen molar-refractivity contribution in [1.29, 1.82) is 0 Å². The molecule has 4 rings (SSSR count). The summed E-state index contributed by atoms with van der Waals surface area (Å²) in [7, 11) is 0. The van der Waals surface area contributed by atoms with Crippen molar-refractivity contribution in [1.82, 2.24) is 14.8 Å². The van der Waals surface area contributed by atoms with Crippen molar-refractivity contribution in [3.63, 3.8) is 0 Å². The number of amides is 1. The number of hydrogen-bond acceptors (Lipinski definition) is 7. The first kappa shape index (κ1) is 20.5. The molecule has 2 aromatic heterocycles. The summed E-state index contributed by atoms with van der Waals surface area (Å²) in [6, 6.07) is 9.76. The highest BCUT2D eigenvalue weighted by atomic mass is 32.2. The number of para-hydroxylation sites is 2. The number of benzene rings is 1. The minimum absolute atomic E-state index is 0.0765. The van der Waals surface area contributed by atoms with E-state index in [2.05, 4.69) is 20.4 Å². The number of morpholine rings is 1. The predicted octanol–water partition coefficient (Wildman–Crippen LogP) is 3.43. The van der Waals surface area contributed by atoms with Crippen molar-refractivity contribution < 1.29 is 13.9 Å². The zero-order valence-corrected chi connectivity index (χ0v) is 17.9. The first-order valence-electron chi connectivity index (χ1n) is 9.99. The number of thioether (sulfide) groups is 1. The van der Waals surface area contributed by atoms with Gasteiger partial charge in [-0.05, 0) is 32.0 Å². The average Bonchev–Trinajstić information content (AvgIpc) is 3.38. The van der Waals surface area contributed by atoms with Gasteiger partial charge in [0.05, 0.1) is 42.2 Å². The molecule has 1 fully saturated rings. The smallest absolute Gasteiger partial charge is 0.234 e. The molecule has 0 radical (unpaired) electrons. The van der Waals surface area contributed by atoms with Crippen LogP contribution in [0.1, 0.15) is 12.7 Å². The first-order valence-corrected chi connectivity index (χ1v) is 11.0. The molecule has 1 aliphatic rings. The van der Waals surface area contributed by atoms with Crippen molar-refractivity contribution in [2.45, 2.75) is 25.5 Å². The van der Waals surface area contributed by atoms with Gasteiger partial charge in [-0.25, -0.2) is 0 Å². The van der Waals surface area contributed by atoms with Crippen molar-refractivity contribution >= 4 is 29.0 Å². The molecule has 158 valence electrons. The normalized spacial score (nSPS) is 14.1. The molecule has 0 bridgehead atoms. The molecule has 0 aliphatic carbocycles. The zero-order chi connectivity index (χ0) is 20.9. The third-order valence-corrected chi connectivity index (χ3v) is 5.96. The molecule has 0 saturated carbocycles. The van der Waals surface area contributed by atoms with Crippen molar-refractivity contribution in [2.75, 3.05) is 42.3 Å². The Bertz CT molecular complexity index is 1010. The maximum Gasteiger partial charge on any atom is 0.234 e. The lowest BCUT2D eigenvalue weighted by molar-refractivity contribution is -0.113. The fraction of sp³-hybridized carbons (Fsp3) is 0.381. The Kier molecular flexibility index (Phi) is 6.39. The summed E-state index contributed by atoms with van der Waals surface area (Å²) in [6.07, 6.45) is 1.64. The maximum atomic E-state index is 12.7. The van der Waals surface area contributed by atoms with Crippen LogP contribution in [0.2, 0.25) is 0 Å². The molecule has 0 unspecified atom stereocenters. The lowest BCUT2D eigenvalue weighted by Crippen LogP contribution is -2.36. The molecule has 30 heavy (non-hydrogen) atoms. The van der Waals surface area contributed by atoms with Gasteiger partial charge >= 0.3 is 0 Å². The molecule has 1 N–H and O–H groups in total. The van der Waals surface area contributed by atoms with Gasteiger partial charge < -0.3 is 23.9 Å². The van der Waals surface area contributed by atoms with E-state index in [4.69, 9.17) is 9.15 Å². The van der Waals surface area contributed by atoms with Gasteiger partial charge in [0.25, 0.3) is 0 Å². The summed E-state index contributed by atoms with van der Waals surface area (Å²) in [6.45, 7) is 7.67. The van der Waals surface area contributed by atoms with Gasteiger partial charge in [-0.2, -0.15) is 0 Å². The highest BCUT2D eigenvalue weighted by molar-refractivity contribution is 7.99. The van der Waals surface area contributed by atoms with Gasteiger partial charge in [0, 0.05) is 19.6 Å². The van der Waals surface area contributed by atoms with Crippen LogP contribution in [-0.4, -0.2) is 52.7 Å². The van der Waals surface area contributed by atoms with E-state index in [1.54, 1.807) is 6.26 Å². The van der Waals surface area contributed by atoms with Crippen LogP contribution in [-0.2, 0) is 16.1 Å². The van der Waals surface area contributed by atoms with Gasteiger partial charge in [-0.3, -0.25) is 4.79 Å². The van der Waals surface area contributed by atoms with E-state index >= 15 is 0 Å². The van der Waals surface area contributed by atoms with Crippen LogP contribution in [0.25, 0.3) is 11.4 Å². The van der Waals surface area contributed by atoms with E-state index < -0.39 is 0 Å². The molecule has 8 nitrogen and oxygen atoms in total. The van der Waals surface area contributed by atoms with E-state index in [1.807, 2.05) is 48.7 Å². The topological polar surface area (TPSA) is 85.4 Å². The number of carbonyl (C=O) groups excluding carboxylic acids is 1.